The van der Waals surface area contributed by atoms with Gasteiger partial charge in [-0.15, -0.1) is 0 Å². The number of unbranched alkanes of at least 4 members (excludes halogenated alkanes) is 7. The van der Waals surface area contributed by atoms with Gasteiger partial charge in [-0.05, 0) is 6.42 Å². The first-order valence-corrected chi connectivity index (χ1v) is 7.97. The number of ether oxygens (including phenoxy) is 2. The zero-order chi connectivity index (χ0) is 15.5. The summed E-state index contributed by atoms with van der Waals surface area (Å²) < 4.78 is 9.72. The molecule has 0 amide bonds. The van der Waals surface area contributed by atoms with E-state index < -0.39 is 17.9 Å². The van der Waals surface area contributed by atoms with E-state index in [-0.39, 0.29) is 18.6 Å². The first-order valence-electron chi connectivity index (χ1n) is 7.97. The van der Waals surface area contributed by atoms with Gasteiger partial charge in [-0.2, -0.15) is 0 Å². The number of hydrogen-bond acceptors (Lipinski definition) is 5. The number of aliphatic hydroxyl groups excluding tert-OH is 1. The van der Waals surface area contributed by atoms with Crippen molar-refractivity contribution in [2.45, 2.75) is 77.6 Å². The van der Waals surface area contributed by atoms with E-state index in [4.69, 9.17) is 9.47 Å². The fraction of sp³-hybridized carbons (Fsp3) is 0.750. The highest BCUT2D eigenvalue weighted by Gasteiger charge is 2.21. The molecule has 1 heterocycles. The Hall–Kier alpha value is -1.52. The molecule has 0 bridgehead atoms. The molecule has 0 aromatic heterocycles. The second-order valence-corrected chi connectivity index (χ2v) is 5.40. The maximum Gasteiger partial charge on any atom is 0.325 e. The van der Waals surface area contributed by atoms with Crippen molar-refractivity contribution in [3.8, 4) is 0 Å². The molecular formula is C16H26O5. The minimum absolute atomic E-state index is 0.00690. The predicted octanol–water partition coefficient (Wildman–Crippen LogP) is 4.12. The van der Waals surface area contributed by atoms with Crippen LogP contribution in [-0.4, -0.2) is 17.0 Å². The molecule has 1 aliphatic rings. The van der Waals surface area contributed by atoms with E-state index in [0.717, 1.165) is 19.3 Å². The van der Waals surface area contributed by atoms with Crippen LogP contribution in [0.5, 0.6) is 0 Å². The van der Waals surface area contributed by atoms with Gasteiger partial charge in [0.15, 0.2) is 5.76 Å². The third kappa shape index (κ3) is 7.73. The molecule has 21 heavy (non-hydrogen) atoms. The van der Waals surface area contributed by atoms with E-state index in [0.29, 0.717) is 6.42 Å². The average Bonchev–Trinajstić information content (AvgIpc) is 2.45. The Bertz CT molecular complexity index is 373. The summed E-state index contributed by atoms with van der Waals surface area (Å²) in [5.74, 6) is -1.57. The molecule has 0 aliphatic carbocycles. The molecule has 0 aromatic rings. The molecule has 0 atom stereocenters. The molecule has 5 nitrogen and oxygen atoms in total. The minimum Gasteiger partial charge on any atom is -0.478 e. The van der Waals surface area contributed by atoms with Crippen LogP contribution in [0.2, 0.25) is 0 Å². The van der Waals surface area contributed by atoms with Crippen molar-refractivity contribution in [1.82, 2.24) is 0 Å². The first kappa shape index (κ1) is 17.5. The number of allylic oxidation sites excluding steroid dienone is 1. The summed E-state index contributed by atoms with van der Waals surface area (Å²) in [5, 5.41) is 9.62. The van der Waals surface area contributed by atoms with E-state index in [1.807, 2.05) is 0 Å². The Kier molecular flexibility index (Phi) is 8.55. The van der Waals surface area contributed by atoms with Gasteiger partial charge < -0.3 is 14.6 Å². The van der Waals surface area contributed by atoms with Crippen LogP contribution >= 0.6 is 0 Å². The molecule has 5 heteroatoms. The molecule has 0 saturated carbocycles. The number of rotatable bonds is 9. The molecule has 0 fully saturated rings. The van der Waals surface area contributed by atoms with E-state index in [1.54, 1.807) is 0 Å². The third-order valence-corrected chi connectivity index (χ3v) is 3.48. The molecule has 0 saturated heterocycles. The first-order chi connectivity index (χ1) is 10.1. The Morgan fingerprint density at radius 1 is 0.857 bits per heavy atom. The summed E-state index contributed by atoms with van der Waals surface area (Å²) in [5.41, 5.74) is 0. The van der Waals surface area contributed by atoms with Gasteiger partial charge in [0.1, 0.15) is 0 Å². The average molecular weight is 298 g/mol. The van der Waals surface area contributed by atoms with Crippen LogP contribution in [0.4, 0.5) is 0 Å². The lowest BCUT2D eigenvalue weighted by atomic mass is 10.1. The highest BCUT2D eigenvalue weighted by molar-refractivity contribution is 5.79. The number of hydrogen-bond donors (Lipinski definition) is 1. The Morgan fingerprint density at radius 2 is 1.38 bits per heavy atom. The largest absolute Gasteiger partial charge is 0.478 e. The maximum absolute atomic E-state index is 11.4. The summed E-state index contributed by atoms with van der Waals surface area (Å²) in [6.45, 7) is 2.20. The van der Waals surface area contributed by atoms with Crippen LogP contribution in [-0.2, 0) is 19.1 Å². The molecule has 1 N–H and O–H groups in total. The van der Waals surface area contributed by atoms with Crippen molar-refractivity contribution in [3.63, 3.8) is 0 Å². The lowest BCUT2D eigenvalue weighted by Gasteiger charge is -2.13. The van der Waals surface area contributed by atoms with E-state index >= 15 is 0 Å². The zero-order valence-corrected chi connectivity index (χ0v) is 12.9. The standard InChI is InChI=1S/C16H26O5/c1-2-3-4-5-6-7-8-9-10-13-16(19)21-15(18)12-11-14(17)20-13/h19H,2-12H2,1H3/b16-13-. The van der Waals surface area contributed by atoms with Gasteiger partial charge in [0.05, 0.1) is 12.8 Å². The van der Waals surface area contributed by atoms with Crippen LogP contribution in [0.15, 0.2) is 11.7 Å². The van der Waals surface area contributed by atoms with Gasteiger partial charge in [-0.3, -0.25) is 9.59 Å². The van der Waals surface area contributed by atoms with Gasteiger partial charge in [0.2, 0.25) is 0 Å². The molecule has 0 aromatic carbocycles. The summed E-state index contributed by atoms with van der Waals surface area (Å²) in [6, 6.07) is 0. The Labute approximate surface area is 126 Å². The molecule has 120 valence electrons. The van der Waals surface area contributed by atoms with E-state index in [1.165, 1.54) is 32.1 Å². The molecule has 1 rings (SSSR count). The fourth-order valence-electron chi connectivity index (χ4n) is 2.23. The second-order valence-electron chi connectivity index (χ2n) is 5.40. The Balaban J connectivity index is 2.25. The van der Waals surface area contributed by atoms with Crippen LogP contribution < -0.4 is 0 Å². The van der Waals surface area contributed by atoms with E-state index in [2.05, 4.69) is 6.92 Å². The summed E-state index contributed by atoms with van der Waals surface area (Å²) in [6.07, 6.45) is 9.59. The van der Waals surface area contributed by atoms with Crippen molar-refractivity contribution in [3.05, 3.63) is 11.7 Å². The lowest BCUT2D eigenvalue weighted by Crippen LogP contribution is -2.16. The number of esters is 2. The second kappa shape index (κ2) is 10.2. The van der Waals surface area contributed by atoms with Crippen LogP contribution in [0.1, 0.15) is 77.6 Å². The van der Waals surface area contributed by atoms with Crippen LogP contribution in [0.3, 0.4) is 0 Å². The van der Waals surface area contributed by atoms with Crippen LogP contribution in [0.25, 0.3) is 0 Å². The zero-order valence-electron chi connectivity index (χ0n) is 12.9. The number of cyclic esters (lactones) is 2. The number of aliphatic hydroxyl groups is 1. The SMILES string of the molecule is CCCCCCCCCC/C1=C(\O)OC(=O)CCC(=O)O1. The topological polar surface area (TPSA) is 72.8 Å². The summed E-state index contributed by atoms with van der Waals surface area (Å²) >= 11 is 0. The third-order valence-electron chi connectivity index (χ3n) is 3.48. The van der Waals surface area contributed by atoms with Gasteiger partial charge >= 0.3 is 17.9 Å². The van der Waals surface area contributed by atoms with Gasteiger partial charge in [-0.25, -0.2) is 0 Å². The number of carbonyl (C=O) groups excluding carboxylic acids is 2. The van der Waals surface area contributed by atoms with Gasteiger partial charge in [0.25, 0.3) is 0 Å². The molecule has 1 aliphatic heterocycles. The Morgan fingerprint density at radius 3 is 2.00 bits per heavy atom. The van der Waals surface area contributed by atoms with Crippen molar-refractivity contribution in [2.75, 3.05) is 0 Å². The highest BCUT2D eigenvalue weighted by atomic mass is 16.6. The highest BCUT2D eigenvalue weighted by Crippen LogP contribution is 2.19. The molecule has 0 unspecified atom stereocenters. The fourth-order valence-corrected chi connectivity index (χ4v) is 2.23. The summed E-state index contributed by atoms with van der Waals surface area (Å²) in [7, 11) is 0. The smallest absolute Gasteiger partial charge is 0.325 e. The predicted molar refractivity (Wildman–Crippen MR) is 78.3 cm³/mol. The van der Waals surface area contributed by atoms with Crippen molar-refractivity contribution < 1.29 is 24.2 Å². The quantitative estimate of drug-likeness (QED) is 0.512. The normalized spacial score (nSPS) is 19.7. The maximum atomic E-state index is 11.4. The molecule has 0 radical (unpaired) electrons. The van der Waals surface area contributed by atoms with E-state index in [9.17, 15) is 14.7 Å². The summed E-state index contributed by atoms with van der Waals surface area (Å²) in [4.78, 5) is 22.6. The number of carbonyl (C=O) groups is 2. The van der Waals surface area contributed by atoms with Gasteiger partial charge in [-0.1, -0.05) is 51.9 Å². The minimum atomic E-state index is -0.599. The monoisotopic (exact) mass is 298 g/mol. The van der Waals surface area contributed by atoms with Crippen molar-refractivity contribution in [1.29, 1.82) is 0 Å². The van der Waals surface area contributed by atoms with Gasteiger partial charge in [0, 0.05) is 6.42 Å². The molecule has 0 spiro atoms. The van der Waals surface area contributed by atoms with Crippen molar-refractivity contribution >= 4 is 11.9 Å². The van der Waals surface area contributed by atoms with Crippen molar-refractivity contribution in [2.24, 2.45) is 0 Å². The lowest BCUT2D eigenvalue weighted by molar-refractivity contribution is -0.153. The molecular weight excluding hydrogens is 272 g/mol. The van der Waals surface area contributed by atoms with Crippen LogP contribution in [0, 0.1) is 0 Å².